The van der Waals surface area contributed by atoms with E-state index < -0.39 is 0 Å². The number of methoxy groups -OCH3 is 1. The number of aromatic nitrogens is 1. The monoisotopic (exact) mass is 278 g/mol. The van der Waals surface area contributed by atoms with Gasteiger partial charge in [-0.05, 0) is 37.6 Å². The van der Waals surface area contributed by atoms with E-state index in [0.717, 1.165) is 22.2 Å². The van der Waals surface area contributed by atoms with Crippen LogP contribution in [0.1, 0.15) is 18.2 Å². The fourth-order valence-electron chi connectivity index (χ4n) is 2.36. The van der Waals surface area contributed by atoms with Crippen molar-refractivity contribution in [1.82, 2.24) is 10.3 Å². The van der Waals surface area contributed by atoms with Crippen LogP contribution in [0.4, 0.5) is 4.39 Å². The lowest BCUT2D eigenvalue weighted by molar-refractivity contribution is -0.121. The topological polar surface area (TPSA) is 54.1 Å². The highest BCUT2D eigenvalue weighted by atomic mass is 19.1. The summed E-state index contributed by atoms with van der Waals surface area (Å²) in [6.45, 7) is 4.23. The molecule has 0 saturated carbocycles. The average Bonchev–Trinajstić information content (AvgIpc) is 2.66. The van der Waals surface area contributed by atoms with Crippen LogP contribution in [0.2, 0.25) is 0 Å². The Hall–Kier alpha value is -1.88. The molecule has 1 atom stereocenters. The molecule has 2 N–H and O–H groups in total. The Balaban J connectivity index is 2.18. The summed E-state index contributed by atoms with van der Waals surface area (Å²) in [5, 5.41) is 3.62. The fraction of sp³-hybridized carbons (Fsp3) is 0.400. The van der Waals surface area contributed by atoms with Crippen molar-refractivity contribution in [3.8, 4) is 0 Å². The molecular weight excluding hydrogens is 259 g/mol. The number of fused-ring (bicyclic) bond motifs is 1. The van der Waals surface area contributed by atoms with Crippen LogP contribution in [0.3, 0.4) is 0 Å². The Bertz CT molecular complexity index is 622. The van der Waals surface area contributed by atoms with E-state index in [4.69, 9.17) is 4.74 Å². The highest BCUT2D eigenvalue weighted by molar-refractivity contribution is 5.90. The summed E-state index contributed by atoms with van der Waals surface area (Å²) < 4.78 is 18.3. The molecule has 0 spiro atoms. The van der Waals surface area contributed by atoms with Gasteiger partial charge < -0.3 is 15.0 Å². The zero-order valence-electron chi connectivity index (χ0n) is 11.9. The van der Waals surface area contributed by atoms with E-state index in [1.807, 2.05) is 13.8 Å². The van der Waals surface area contributed by atoms with Gasteiger partial charge in [-0.25, -0.2) is 4.39 Å². The molecule has 1 aromatic carbocycles. The molecule has 2 aromatic rings. The van der Waals surface area contributed by atoms with Gasteiger partial charge >= 0.3 is 0 Å². The lowest BCUT2D eigenvalue weighted by atomic mass is 10.1. The molecule has 0 radical (unpaired) electrons. The summed E-state index contributed by atoms with van der Waals surface area (Å²) in [6, 6.07) is 4.50. The molecule has 0 aliphatic carbocycles. The molecule has 1 unspecified atom stereocenters. The normalized spacial score (nSPS) is 12.6. The van der Waals surface area contributed by atoms with Crippen LogP contribution < -0.4 is 5.32 Å². The number of hydrogen-bond acceptors (Lipinski definition) is 2. The standard InChI is InChI=1S/C15H19FN2O2/c1-9(8-20-3)17-15(19)7-12-10(2)18-14-5-4-11(16)6-13(12)14/h4-6,9,18H,7-8H2,1-3H3,(H,17,19). The summed E-state index contributed by atoms with van der Waals surface area (Å²) in [7, 11) is 1.59. The first-order chi connectivity index (χ1) is 9.51. The van der Waals surface area contributed by atoms with Crippen LogP contribution >= 0.6 is 0 Å². The van der Waals surface area contributed by atoms with Crippen LogP contribution in [-0.4, -0.2) is 30.6 Å². The number of carbonyl (C=O) groups is 1. The number of ether oxygens (including phenoxy) is 1. The van der Waals surface area contributed by atoms with Gasteiger partial charge in [0.05, 0.1) is 13.0 Å². The maximum atomic E-state index is 13.3. The van der Waals surface area contributed by atoms with Gasteiger partial charge in [-0.1, -0.05) is 0 Å². The van der Waals surface area contributed by atoms with E-state index in [9.17, 15) is 9.18 Å². The molecule has 108 valence electrons. The van der Waals surface area contributed by atoms with Crippen LogP contribution in [-0.2, 0) is 16.0 Å². The van der Waals surface area contributed by atoms with Crippen molar-refractivity contribution in [3.63, 3.8) is 0 Å². The molecule has 20 heavy (non-hydrogen) atoms. The molecule has 0 aliphatic heterocycles. The van der Waals surface area contributed by atoms with Crippen LogP contribution in [0.5, 0.6) is 0 Å². The van der Waals surface area contributed by atoms with Crippen molar-refractivity contribution in [2.75, 3.05) is 13.7 Å². The van der Waals surface area contributed by atoms with E-state index >= 15 is 0 Å². The first-order valence-corrected chi connectivity index (χ1v) is 6.56. The van der Waals surface area contributed by atoms with Crippen LogP contribution in [0.15, 0.2) is 18.2 Å². The van der Waals surface area contributed by atoms with Crippen molar-refractivity contribution in [2.45, 2.75) is 26.3 Å². The summed E-state index contributed by atoms with van der Waals surface area (Å²) in [5.41, 5.74) is 2.57. The number of nitrogens with one attached hydrogen (secondary N) is 2. The molecule has 1 aromatic heterocycles. The van der Waals surface area contributed by atoms with E-state index in [0.29, 0.717) is 6.61 Å². The second-order valence-corrected chi connectivity index (χ2v) is 5.02. The molecule has 1 amide bonds. The first-order valence-electron chi connectivity index (χ1n) is 6.56. The number of H-pyrrole nitrogens is 1. The molecule has 2 rings (SSSR count). The number of carbonyl (C=O) groups excluding carboxylic acids is 1. The van der Waals surface area contributed by atoms with Crippen molar-refractivity contribution < 1.29 is 13.9 Å². The Kier molecular flexibility index (Phi) is 4.39. The average molecular weight is 278 g/mol. The van der Waals surface area contributed by atoms with Gasteiger partial charge in [0, 0.05) is 29.7 Å². The maximum Gasteiger partial charge on any atom is 0.224 e. The third-order valence-corrected chi connectivity index (χ3v) is 3.24. The summed E-state index contributed by atoms with van der Waals surface area (Å²) >= 11 is 0. The van der Waals surface area contributed by atoms with Crippen molar-refractivity contribution in [3.05, 3.63) is 35.3 Å². The molecular formula is C15H19FN2O2. The highest BCUT2D eigenvalue weighted by Crippen LogP contribution is 2.23. The van der Waals surface area contributed by atoms with Gasteiger partial charge in [0.15, 0.2) is 0 Å². The highest BCUT2D eigenvalue weighted by Gasteiger charge is 2.14. The minimum absolute atomic E-state index is 0.0465. The van der Waals surface area contributed by atoms with Gasteiger partial charge in [0.2, 0.25) is 5.91 Å². The van der Waals surface area contributed by atoms with Crippen molar-refractivity contribution >= 4 is 16.8 Å². The van der Waals surface area contributed by atoms with Crippen molar-refractivity contribution in [1.29, 1.82) is 0 Å². The van der Waals surface area contributed by atoms with E-state index in [1.165, 1.54) is 12.1 Å². The number of amides is 1. The molecule has 5 heteroatoms. The maximum absolute atomic E-state index is 13.3. The third-order valence-electron chi connectivity index (χ3n) is 3.24. The van der Waals surface area contributed by atoms with Crippen LogP contribution in [0.25, 0.3) is 10.9 Å². The number of halogens is 1. The SMILES string of the molecule is COCC(C)NC(=O)Cc1c(C)[nH]c2ccc(F)cc12. The van der Waals surface area contributed by atoms with Gasteiger partial charge in [-0.3, -0.25) is 4.79 Å². The Morgan fingerprint density at radius 2 is 2.25 bits per heavy atom. The zero-order valence-corrected chi connectivity index (χ0v) is 11.9. The largest absolute Gasteiger partial charge is 0.383 e. The predicted molar refractivity (Wildman–Crippen MR) is 76.2 cm³/mol. The lowest BCUT2D eigenvalue weighted by Gasteiger charge is -2.12. The Morgan fingerprint density at radius 1 is 1.50 bits per heavy atom. The summed E-state index contributed by atoms with van der Waals surface area (Å²) in [6.07, 6.45) is 0.226. The predicted octanol–water partition coefficient (Wildman–Crippen LogP) is 2.31. The Morgan fingerprint density at radius 3 is 2.95 bits per heavy atom. The van der Waals surface area contributed by atoms with Crippen LogP contribution in [0, 0.1) is 12.7 Å². The summed E-state index contributed by atoms with van der Waals surface area (Å²) in [5.74, 6) is -0.395. The molecule has 4 nitrogen and oxygen atoms in total. The van der Waals surface area contributed by atoms with E-state index in [1.54, 1.807) is 13.2 Å². The number of hydrogen-bond donors (Lipinski definition) is 2. The number of aryl methyl sites for hydroxylation is 1. The molecule has 0 bridgehead atoms. The first kappa shape index (κ1) is 14.5. The minimum atomic E-state index is -0.300. The lowest BCUT2D eigenvalue weighted by Crippen LogP contribution is -2.36. The smallest absolute Gasteiger partial charge is 0.224 e. The van der Waals surface area contributed by atoms with Gasteiger partial charge in [-0.2, -0.15) is 0 Å². The molecule has 0 aliphatic rings. The van der Waals surface area contributed by atoms with E-state index in [-0.39, 0.29) is 24.2 Å². The van der Waals surface area contributed by atoms with E-state index in [2.05, 4.69) is 10.3 Å². The zero-order chi connectivity index (χ0) is 14.7. The number of rotatable bonds is 5. The molecule has 0 saturated heterocycles. The Labute approximate surface area is 117 Å². The second kappa shape index (κ2) is 6.05. The van der Waals surface area contributed by atoms with Gasteiger partial charge in [-0.15, -0.1) is 0 Å². The quantitative estimate of drug-likeness (QED) is 0.882. The molecule has 1 heterocycles. The number of aromatic amines is 1. The van der Waals surface area contributed by atoms with Gasteiger partial charge in [0.25, 0.3) is 0 Å². The fourth-order valence-corrected chi connectivity index (χ4v) is 2.36. The molecule has 0 fully saturated rings. The number of benzene rings is 1. The summed E-state index contributed by atoms with van der Waals surface area (Å²) in [4.78, 5) is 15.2. The van der Waals surface area contributed by atoms with Gasteiger partial charge in [0.1, 0.15) is 5.82 Å². The second-order valence-electron chi connectivity index (χ2n) is 5.02. The third kappa shape index (κ3) is 3.17. The minimum Gasteiger partial charge on any atom is -0.383 e. The van der Waals surface area contributed by atoms with Crippen molar-refractivity contribution in [2.24, 2.45) is 0 Å².